The van der Waals surface area contributed by atoms with Gasteiger partial charge in [-0.15, -0.1) is 0 Å². The van der Waals surface area contributed by atoms with Crippen molar-refractivity contribution in [2.75, 3.05) is 11.9 Å². The average Bonchev–Trinajstić information content (AvgIpc) is 2.75. The molecular formula is C23H25N3O2. The molecule has 0 unspecified atom stereocenters. The van der Waals surface area contributed by atoms with Crippen LogP contribution in [0.1, 0.15) is 35.7 Å². The molecule has 0 spiro atoms. The molecule has 2 N–H and O–H groups in total. The number of anilines is 2. The molecule has 28 heavy (non-hydrogen) atoms. The van der Waals surface area contributed by atoms with Crippen molar-refractivity contribution in [1.29, 1.82) is 0 Å². The van der Waals surface area contributed by atoms with E-state index in [1.807, 2.05) is 54.6 Å². The Morgan fingerprint density at radius 2 is 1.79 bits per heavy atom. The minimum absolute atomic E-state index is 0.0904. The van der Waals surface area contributed by atoms with E-state index in [0.29, 0.717) is 24.5 Å². The van der Waals surface area contributed by atoms with E-state index in [1.165, 1.54) is 0 Å². The second kappa shape index (κ2) is 10.1. The van der Waals surface area contributed by atoms with Crippen molar-refractivity contribution < 1.29 is 9.53 Å². The molecule has 0 aliphatic rings. The molecule has 0 aliphatic carbocycles. The molecule has 0 atom stereocenters. The first-order chi connectivity index (χ1) is 13.7. The van der Waals surface area contributed by atoms with Crippen LogP contribution in [0.3, 0.4) is 0 Å². The normalized spacial score (nSPS) is 10.3. The molecule has 0 saturated heterocycles. The number of ether oxygens (including phenoxy) is 1. The molecule has 0 saturated carbocycles. The lowest BCUT2D eigenvalue weighted by Crippen LogP contribution is -2.24. The number of nitrogens with one attached hydrogen (secondary N) is 2. The molecule has 1 aromatic heterocycles. The van der Waals surface area contributed by atoms with Gasteiger partial charge in [-0.25, -0.2) is 4.98 Å². The topological polar surface area (TPSA) is 63.2 Å². The summed E-state index contributed by atoms with van der Waals surface area (Å²) in [7, 11) is 0. The Kier molecular flexibility index (Phi) is 7.01. The Balaban J connectivity index is 1.51. The summed E-state index contributed by atoms with van der Waals surface area (Å²) in [4.78, 5) is 16.3. The number of hydrogen-bond donors (Lipinski definition) is 2. The summed E-state index contributed by atoms with van der Waals surface area (Å²) >= 11 is 0. The predicted molar refractivity (Wildman–Crippen MR) is 112 cm³/mol. The Labute approximate surface area is 165 Å². The van der Waals surface area contributed by atoms with Crippen LogP contribution < -0.4 is 15.4 Å². The summed E-state index contributed by atoms with van der Waals surface area (Å²) in [6.45, 7) is 3.32. The summed E-state index contributed by atoms with van der Waals surface area (Å²) in [6, 6.07) is 21.3. The lowest BCUT2D eigenvalue weighted by atomic mass is 10.2. The summed E-state index contributed by atoms with van der Waals surface area (Å²) in [5.74, 6) is 1.40. The lowest BCUT2D eigenvalue weighted by molar-refractivity contribution is 0.0953. The van der Waals surface area contributed by atoms with Gasteiger partial charge in [0.25, 0.3) is 5.91 Å². The van der Waals surface area contributed by atoms with Crippen molar-refractivity contribution in [3.8, 4) is 5.75 Å². The van der Waals surface area contributed by atoms with Crippen LogP contribution in [-0.2, 0) is 6.61 Å². The number of carbonyl (C=O) groups is 1. The van der Waals surface area contributed by atoms with Gasteiger partial charge < -0.3 is 15.4 Å². The van der Waals surface area contributed by atoms with Crippen molar-refractivity contribution >= 4 is 17.4 Å². The third-order valence-electron chi connectivity index (χ3n) is 4.22. The first-order valence-electron chi connectivity index (χ1n) is 9.52. The maximum absolute atomic E-state index is 12.0. The van der Waals surface area contributed by atoms with E-state index in [1.54, 1.807) is 18.3 Å². The van der Waals surface area contributed by atoms with E-state index < -0.39 is 0 Å². The second-order valence-electron chi connectivity index (χ2n) is 6.47. The molecule has 1 heterocycles. The van der Waals surface area contributed by atoms with Crippen LogP contribution in [0.5, 0.6) is 5.75 Å². The standard InChI is InChI=1S/C23H25N3O2/c1-2-3-15-24-23(27)19-9-14-22(25-16-19)26-20-10-12-21(13-11-20)28-17-18-7-5-4-6-8-18/h4-14,16H,2-3,15,17H2,1H3,(H,24,27)(H,25,26). The van der Waals surface area contributed by atoms with Crippen LogP contribution in [-0.4, -0.2) is 17.4 Å². The summed E-state index contributed by atoms with van der Waals surface area (Å²) in [5, 5.41) is 6.11. The first kappa shape index (κ1) is 19.4. The van der Waals surface area contributed by atoms with Gasteiger partial charge in [0, 0.05) is 18.4 Å². The molecule has 1 amide bonds. The molecule has 0 radical (unpaired) electrons. The van der Waals surface area contributed by atoms with Crippen molar-refractivity contribution in [2.24, 2.45) is 0 Å². The zero-order valence-corrected chi connectivity index (χ0v) is 16.0. The minimum Gasteiger partial charge on any atom is -0.489 e. The number of unbranched alkanes of at least 4 members (excludes halogenated alkanes) is 1. The highest BCUT2D eigenvalue weighted by Gasteiger charge is 2.05. The predicted octanol–water partition coefficient (Wildman–Crippen LogP) is 4.93. The van der Waals surface area contributed by atoms with Crippen molar-refractivity contribution in [1.82, 2.24) is 10.3 Å². The summed E-state index contributed by atoms with van der Waals surface area (Å²) in [6.07, 6.45) is 3.61. The van der Waals surface area contributed by atoms with E-state index >= 15 is 0 Å². The van der Waals surface area contributed by atoms with E-state index in [0.717, 1.165) is 29.8 Å². The molecule has 2 aromatic carbocycles. The van der Waals surface area contributed by atoms with Gasteiger partial charge in [-0.2, -0.15) is 0 Å². The van der Waals surface area contributed by atoms with Gasteiger partial charge in [-0.3, -0.25) is 4.79 Å². The number of carbonyl (C=O) groups excluding carboxylic acids is 1. The SMILES string of the molecule is CCCCNC(=O)c1ccc(Nc2ccc(OCc3ccccc3)cc2)nc1. The van der Waals surface area contributed by atoms with Crippen LogP contribution >= 0.6 is 0 Å². The minimum atomic E-state index is -0.0904. The molecule has 3 aromatic rings. The zero-order valence-electron chi connectivity index (χ0n) is 16.0. The number of pyridine rings is 1. The van der Waals surface area contributed by atoms with E-state index in [4.69, 9.17) is 4.74 Å². The van der Waals surface area contributed by atoms with Crippen molar-refractivity contribution in [3.63, 3.8) is 0 Å². The fourth-order valence-corrected chi connectivity index (χ4v) is 2.61. The smallest absolute Gasteiger partial charge is 0.252 e. The highest BCUT2D eigenvalue weighted by molar-refractivity contribution is 5.94. The number of rotatable bonds is 9. The second-order valence-corrected chi connectivity index (χ2v) is 6.47. The number of hydrogen-bond acceptors (Lipinski definition) is 4. The summed E-state index contributed by atoms with van der Waals surface area (Å²) in [5.41, 5.74) is 2.60. The third kappa shape index (κ3) is 5.84. The number of amides is 1. The molecular weight excluding hydrogens is 350 g/mol. The average molecular weight is 375 g/mol. The van der Waals surface area contributed by atoms with Crippen LogP contribution in [0.4, 0.5) is 11.5 Å². The zero-order chi connectivity index (χ0) is 19.6. The van der Waals surface area contributed by atoms with Gasteiger partial charge in [0.15, 0.2) is 0 Å². The van der Waals surface area contributed by atoms with E-state index in [9.17, 15) is 4.79 Å². The molecule has 0 fully saturated rings. The third-order valence-corrected chi connectivity index (χ3v) is 4.22. The highest BCUT2D eigenvalue weighted by Crippen LogP contribution is 2.20. The Bertz CT molecular complexity index is 863. The number of aromatic nitrogens is 1. The van der Waals surface area contributed by atoms with Gasteiger partial charge in [-0.1, -0.05) is 43.7 Å². The Hall–Kier alpha value is -3.34. The largest absolute Gasteiger partial charge is 0.489 e. The monoisotopic (exact) mass is 375 g/mol. The van der Waals surface area contributed by atoms with Gasteiger partial charge in [-0.05, 0) is 48.4 Å². The van der Waals surface area contributed by atoms with Crippen LogP contribution in [0.2, 0.25) is 0 Å². The molecule has 0 bridgehead atoms. The Morgan fingerprint density at radius 1 is 1.00 bits per heavy atom. The quantitative estimate of drug-likeness (QED) is 0.520. The Morgan fingerprint density at radius 3 is 2.46 bits per heavy atom. The van der Waals surface area contributed by atoms with Crippen LogP contribution in [0, 0.1) is 0 Å². The van der Waals surface area contributed by atoms with Gasteiger partial charge >= 0.3 is 0 Å². The maximum atomic E-state index is 12.0. The van der Waals surface area contributed by atoms with Gasteiger partial charge in [0.05, 0.1) is 5.56 Å². The first-order valence-corrected chi connectivity index (χ1v) is 9.52. The molecule has 5 heteroatoms. The number of nitrogens with zero attached hydrogens (tertiary/aromatic N) is 1. The highest BCUT2D eigenvalue weighted by atomic mass is 16.5. The van der Waals surface area contributed by atoms with Crippen LogP contribution in [0.25, 0.3) is 0 Å². The maximum Gasteiger partial charge on any atom is 0.252 e. The molecule has 144 valence electrons. The van der Waals surface area contributed by atoms with Crippen molar-refractivity contribution in [2.45, 2.75) is 26.4 Å². The van der Waals surface area contributed by atoms with Crippen molar-refractivity contribution in [3.05, 3.63) is 84.1 Å². The van der Waals surface area contributed by atoms with Gasteiger partial charge in [0.1, 0.15) is 18.2 Å². The molecule has 0 aliphatic heterocycles. The fraction of sp³-hybridized carbons (Fsp3) is 0.217. The number of benzene rings is 2. The van der Waals surface area contributed by atoms with Gasteiger partial charge in [0.2, 0.25) is 0 Å². The molecule has 5 nitrogen and oxygen atoms in total. The summed E-state index contributed by atoms with van der Waals surface area (Å²) < 4.78 is 5.79. The van der Waals surface area contributed by atoms with Crippen LogP contribution in [0.15, 0.2) is 72.9 Å². The van der Waals surface area contributed by atoms with E-state index in [-0.39, 0.29) is 5.91 Å². The molecule has 3 rings (SSSR count). The van der Waals surface area contributed by atoms with E-state index in [2.05, 4.69) is 22.5 Å². The lowest BCUT2D eigenvalue weighted by Gasteiger charge is -2.09. The fourth-order valence-electron chi connectivity index (χ4n) is 2.61.